The fourth-order valence-corrected chi connectivity index (χ4v) is 3.88. The normalized spacial score (nSPS) is 11.2. The molecule has 2 heterocycles. The molecule has 9 heteroatoms. The number of amides is 1. The zero-order valence-electron chi connectivity index (χ0n) is 18.5. The highest BCUT2D eigenvalue weighted by Crippen LogP contribution is 2.32. The first-order chi connectivity index (χ1) is 14.7. The number of nitrogens with zero attached hydrogens (tertiary/aromatic N) is 3. The number of halogens is 2. The number of carbonyl (C=O) groups excluding carboxylic acids is 1. The summed E-state index contributed by atoms with van der Waals surface area (Å²) in [5, 5.41) is 8.84. The second-order valence-electron chi connectivity index (χ2n) is 8.30. The number of hydrogen-bond acceptors (Lipinski definition) is 4. The highest BCUT2D eigenvalue weighted by Gasteiger charge is 2.16. The van der Waals surface area contributed by atoms with E-state index in [1.54, 1.807) is 17.1 Å². The molecule has 0 saturated heterocycles. The molecule has 2 aromatic heterocycles. The average Bonchev–Trinajstić information content (AvgIpc) is 3.03. The van der Waals surface area contributed by atoms with Crippen LogP contribution in [0.1, 0.15) is 19.8 Å². The standard InChI is InChI=1S/C17H25BrClN3O2Si.C5H5N/c1-5-6-16(23)20-17-12-9-13(18)14(19)10-15(12)22(21-17)11-24-7-8-25(2,3)4;1-2-4-6-5-3-1/h9-10H,5-8,11H2,1-4H3,(H,20,21,23);1-5H. The van der Waals surface area contributed by atoms with Gasteiger partial charge in [0, 0.05) is 43.4 Å². The lowest BCUT2D eigenvalue weighted by molar-refractivity contribution is -0.116. The Bertz CT molecular complexity index is 950. The first kappa shape index (κ1) is 25.5. The van der Waals surface area contributed by atoms with Crippen molar-refractivity contribution in [2.75, 3.05) is 11.9 Å². The summed E-state index contributed by atoms with van der Waals surface area (Å²) in [5.41, 5.74) is 0.841. The Morgan fingerprint density at radius 1 is 1.23 bits per heavy atom. The van der Waals surface area contributed by atoms with Gasteiger partial charge < -0.3 is 10.1 Å². The fourth-order valence-electron chi connectivity index (χ4n) is 2.62. The largest absolute Gasteiger partial charge is 0.360 e. The van der Waals surface area contributed by atoms with Gasteiger partial charge in [0.15, 0.2) is 5.82 Å². The second-order valence-corrected chi connectivity index (χ2v) is 15.2. The third kappa shape index (κ3) is 8.72. The number of carbonyl (C=O) groups is 1. The Labute approximate surface area is 198 Å². The summed E-state index contributed by atoms with van der Waals surface area (Å²) in [6, 6.07) is 10.5. The van der Waals surface area contributed by atoms with E-state index in [1.807, 2.05) is 37.3 Å². The van der Waals surface area contributed by atoms with E-state index >= 15 is 0 Å². The van der Waals surface area contributed by atoms with Crippen molar-refractivity contribution in [3.05, 3.63) is 52.2 Å². The van der Waals surface area contributed by atoms with E-state index < -0.39 is 8.07 Å². The minimum Gasteiger partial charge on any atom is -0.360 e. The Morgan fingerprint density at radius 2 is 1.94 bits per heavy atom. The number of fused-ring (bicyclic) bond motifs is 1. The van der Waals surface area contributed by atoms with Crippen LogP contribution in [0.25, 0.3) is 10.9 Å². The lowest BCUT2D eigenvalue weighted by Gasteiger charge is -2.15. The van der Waals surface area contributed by atoms with E-state index in [-0.39, 0.29) is 5.91 Å². The van der Waals surface area contributed by atoms with E-state index in [2.05, 4.69) is 51.0 Å². The van der Waals surface area contributed by atoms with E-state index in [0.29, 0.717) is 30.6 Å². The van der Waals surface area contributed by atoms with Crippen LogP contribution >= 0.6 is 27.5 Å². The molecule has 1 N–H and O–H groups in total. The maximum absolute atomic E-state index is 12.0. The van der Waals surface area contributed by atoms with Gasteiger partial charge in [-0.25, -0.2) is 4.68 Å². The van der Waals surface area contributed by atoms with Crippen molar-refractivity contribution in [3.8, 4) is 0 Å². The van der Waals surface area contributed by atoms with Gasteiger partial charge in [0.25, 0.3) is 0 Å². The van der Waals surface area contributed by atoms with Crippen LogP contribution in [0, 0.1) is 0 Å². The summed E-state index contributed by atoms with van der Waals surface area (Å²) in [6.07, 6.45) is 4.76. The van der Waals surface area contributed by atoms with E-state index in [4.69, 9.17) is 16.3 Å². The van der Waals surface area contributed by atoms with Gasteiger partial charge in [-0.15, -0.1) is 0 Å². The van der Waals surface area contributed by atoms with Crippen LogP contribution < -0.4 is 5.32 Å². The predicted molar refractivity (Wildman–Crippen MR) is 134 cm³/mol. The van der Waals surface area contributed by atoms with Crippen LogP contribution in [0.3, 0.4) is 0 Å². The molecule has 3 aromatic rings. The molecule has 0 spiro atoms. The predicted octanol–water partition coefficient (Wildman–Crippen LogP) is 6.58. The number of pyridine rings is 1. The quantitative estimate of drug-likeness (QED) is 0.266. The van der Waals surface area contributed by atoms with Crippen LogP contribution in [0.5, 0.6) is 0 Å². The van der Waals surface area contributed by atoms with Crippen LogP contribution in [-0.4, -0.2) is 35.4 Å². The average molecular weight is 526 g/mol. The highest BCUT2D eigenvalue weighted by molar-refractivity contribution is 9.10. The van der Waals surface area contributed by atoms with Crippen molar-refractivity contribution in [3.63, 3.8) is 0 Å². The first-order valence-corrected chi connectivity index (χ1v) is 15.2. The number of rotatable bonds is 8. The monoisotopic (exact) mass is 524 g/mol. The summed E-state index contributed by atoms with van der Waals surface area (Å²) in [5.74, 6) is 0.499. The number of benzene rings is 1. The van der Waals surface area contributed by atoms with Gasteiger partial charge in [0.1, 0.15) is 6.73 Å². The molecular formula is C22H30BrClN4O2Si. The maximum Gasteiger partial charge on any atom is 0.225 e. The van der Waals surface area contributed by atoms with Crippen molar-refractivity contribution in [2.24, 2.45) is 0 Å². The third-order valence-corrected chi connectivity index (χ3v) is 7.21. The van der Waals surface area contributed by atoms with Crippen LogP contribution in [0.4, 0.5) is 5.82 Å². The van der Waals surface area contributed by atoms with Crippen molar-refractivity contribution in [1.29, 1.82) is 0 Å². The lowest BCUT2D eigenvalue weighted by atomic mass is 10.2. The number of ether oxygens (including phenoxy) is 1. The number of nitrogens with one attached hydrogen (secondary N) is 1. The van der Waals surface area contributed by atoms with Crippen molar-refractivity contribution in [2.45, 2.75) is 52.2 Å². The van der Waals surface area contributed by atoms with E-state index in [1.165, 1.54) is 0 Å². The lowest BCUT2D eigenvalue weighted by Crippen LogP contribution is -2.22. The minimum atomic E-state index is -1.13. The number of aromatic nitrogens is 3. The topological polar surface area (TPSA) is 69.0 Å². The smallest absolute Gasteiger partial charge is 0.225 e. The molecule has 6 nitrogen and oxygen atoms in total. The molecule has 0 aliphatic heterocycles. The molecule has 3 rings (SSSR count). The molecule has 1 aromatic carbocycles. The molecule has 0 bridgehead atoms. The van der Waals surface area contributed by atoms with Gasteiger partial charge in [-0.2, -0.15) is 5.10 Å². The van der Waals surface area contributed by atoms with Gasteiger partial charge in [0.05, 0.1) is 10.5 Å². The maximum atomic E-state index is 12.0. The summed E-state index contributed by atoms with van der Waals surface area (Å²) in [7, 11) is -1.13. The zero-order chi connectivity index (χ0) is 22.9. The Morgan fingerprint density at radius 3 is 2.48 bits per heavy atom. The molecule has 1 amide bonds. The van der Waals surface area contributed by atoms with Gasteiger partial charge in [-0.1, -0.05) is 44.2 Å². The third-order valence-electron chi connectivity index (χ3n) is 4.30. The van der Waals surface area contributed by atoms with Gasteiger partial charge in [-0.05, 0) is 52.7 Å². The molecule has 0 saturated carbocycles. The zero-order valence-corrected chi connectivity index (χ0v) is 21.8. The first-order valence-electron chi connectivity index (χ1n) is 10.3. The van der Waals surface area contributed by atoms with Gasteiger partial charge in [0.2, 0.25) is 5.91 Å². The fraction of sp³-hybridized carbons (Fsp3) is 0.409. The van der Waals surface area contributed by atoms with E-state index in [0.717, 1.165) is 27.8 Å². The molecule has 0 unspecified atom stereocenters. The van der Waals surface area contributed by atoms with Crippen LogP contribution in [0.2, 0.25) is 30.7 Å². The van der Waals surface area contributed by atoms with E-state index in [9.17, 15) is 4.79 Å². The van der Waals surface area contributed by atoms with Crippen molar-refractivity contribution >= 4 is 58.2 Å². The summed E-state index contributed by atoms with van der Waals surface area (Å²) < 4.78 is 8.33. The molecule has 0 aliphatic rings. The highest BCUT2D eigenvalue weighted by atomic mass is 79.9. The molecule has 168 valence electrons. The van der Waals surface area contributed by atoms with Gasteiger partial charge >= 0.3 is 0 Å². The second kappa shape index (κ2) is 12.3. The Kier molecular flexibility index (Phi) is 10.2. The SMILES string of the molecule is CCCC(=O)Nc1nn(COCC[Si](C)(C)C)c2cc(Cl)c(Br)cc12.c1ccncc1. The Balaban J connectivity index is 0.000000488. The van der Waals surface area contributed by atoms with Crippen molar-refractivity contribution in [1.82, 2.24) is 14.8 Å². The van der Waals surface area contributed by atoms with Crippen LogP contribution in [-0.2, 0) is 16.3 Å². The molecular weight excluding hydrogens is 496 g/mol. The summed E-state index contributed by atoms with van der Waals surface area (Å²) in [4.78, 5) is 15.7. The van der Waals surface area contributed by atoms with Crippen LogP contribution in [0.15, 0.2) is 47.2 Å². The Hall–Kier alpha value is -1.74. The minimum absolute atomic E-state index is 0.0419. The summed E-state index contributed by atoms with van der Waals surface area (Å²) >= 11 is 9.67. The number of anilines is 1. The molecule has 0 aliphatic carbocycles. The summed E-state index contributed by atoms with van der Waals surface area (Å²) in [6.45, 7) is 9.97. The molecule has 0 radical (unpaired) electrons. The number of hydrogen-bond donors (Lipinski definition) is 1. The van der Waals surface area contributed by atoms with Gasteiger partial charge in [-0.3, -0.25) is 9.78 Å². The van der Waals surface area contributed by atoms with Crippen molar-refractivity contribution < 1.29 is 9.53 Å². The molecule has 31 heavy (non-hydrogen) atoms. The molecule has 0 fully saturated rings. The molecule has 0 atom stereocenters.